The van der Waals surface area contributed by atoms with Crippen LogP contribution in [0.1, 0.15) is 38.7 Å². The lowest BCUT2D eigenvalue weighted by Gasteiger charge is -2.17. The molecule has 0 bridgehead atoms. The number of carbonyl (C=O) groups is 1. The number of nitrogens with one attached hydrogen (secondary N) is 2. The molecule has 0 unspecified atom stereocenters. The summed E-state index contributed by atoms with van der Waals surface area (Å²) < 4.78 is 5.59. The van der Waals surface area contributed by atoms with Crippen molar-refractivity contribution in [2.45, 2.75) is 39.5 Å². The summed E-state index contributed by atoms with van der Waals surface area (Å²) in [6, 6.07) is 8.17. The number of fused-ring (bicyclic) bond motifs is 1. The Balaban J connectivity index is 1.58. The Labute approximate surface area is 163 Å². The van der Waals surface area contributed by atoms with E-state index >= 15 is 0 Å². The highest BCUT2D eigenvalue weighted by Crippen LogP contribution is 2.27. The molecule has 6 nitrogen and oxygen atoms in total. The third-order valence-electron chi connectivity index (χ3n) is 4.65. The predicted molar refractivity (Wildman–Crippen MR) is 111 cm³/mol. The highest BCUT2D eigenvalue weighted by molar-refractivity contribution is 5.95. The number of hydrogen-bond acceptors (Lipinski definition) is 3. The maximum Gasteiger partial charge on any atom is 0.227 e. The number of guanidine groups is 1. The molecule has 2 N–H and O–H groups in total. The molecule has 1 heterocycles. The van der Waals surface area contributed by atoms with Gasteiger partial charge in [0.05, 0.1) is 6.61 Å². The molecular weight excluding hydrogens is 340 g/mol. The van der Waals surface area contributed by atoms with Gasteiger partial charge < -0.3 is 20.3 Å². The summed E-state index contributed by atoms with van der Waals surface area (Å²) in [5, 5.41) is 6.49. The van der Waals surface area contributed by atoms with E-state index in [1.54, 1.807) is 7.05 Å². The lowest BCUT2D eigenvalue weighted by molar-refractivity contribution is -0.118. The van der Waals surface area contributed by atoms with Gasteiger partial charge in [-0.05, 0) is 36.8 Å². The monoisotopic (exact) mass is 374 g/mol. The number of ether oxygens (including phenoxy) is 1. The molecule has 1 amide bonds. The molecule has 27 heavy (non-hydrogen) atoms. The minimum Gasteiger partial charge on any atom is -0.380 e. The quantitative estimate of drug-likeness (QED) is 0.375. The van der Waals surface area contributed by atoms with Gasteiger partial charge in [0.25, 0.3) is 0 Å². The molecule has 1 aliphatic heterocycles. The smallest absolute Gasteiger partial charge is 0.227 e. The van der Waals surface area contributed by atoms with Crippen LogP contribution in [-0.4, -0.2) is 51.8 Å². The molecule has 0 radical (unpaired) electrons. The van der Waals surface area contributed by atoms with Crippen molar-refractivity contribution in [2.24, 2.45) is 10.9 Å². The molecule has 2 rings (SSSR count). The largest absolute Gasteiger partial charge is 0.380 e. The van der Waals surface area contributed by atoms with Gasteiger partial charge >= 0.3 is 0 Å². The van der Waals surface area contributed by atoms with Gasteiger partial charge in [0.2, 0.25) is 5.91 Å². The Hall–Kier alpha value is -2.08. The van der Waals surface area contributed by atoms with Crippen LogP contribution in [0.2, 0.25) is 0 Å². The van der Waals surface area contributed by atoms with Gasteiger partial charge in [-0.3, -0.25) is 9.79 Å². The molecule has 6 heteroatoms. The lowest BCUT2D eigenvalue weighted by atomic mass is 10.1. The van der Waals surface area contributed by atoms with Gasteiger partial charge in [-0.2, -0.15) is 0 Å². The summed E-state index contributed by atoms with van der Waals surface area (Å²) in [6.07, 6.45) is 3.36. The fourth-order valence-corrected chi connectivity index (χ4v) is 3.06. The average molecular weight is 375 g/mol. The molecule has 150 valence electrons. The van der Waals surface area contributed by atoms with E-state index < -0.39 is 0 Å². The van der Waals surface area contributed by atoms with Crippen LogP contribution in [0.25, 0.3) is 0 Å². The maximum absolute atomic E-state index is 12.5. The van der Waals surface area contributed by atoms with Crippen LogP contribution in [0.5, 0.6) is 0 Å². The number of anilines is 1. The Kier molecular flexibility index (Phi) is 9.11. The molecule has 0 saturated heterocycles. The first-order chi connectivity index (χ1) is 13.1. The summed E-state index contributed by atoms with van der Waals surface area (Å²) in [6.45, 7) is 8.09. The summed E-state index contributed by atoms with van der Waals surface area (Å²) in [5.41, 5.74) is 2.34. The summed E-state index contributed by atoms with van der Waals surface area (Å²) in [5.74, 6) is 1.62. The van der Waals surface area contributed by atoms with E-state index in [-0.39, 0.29) is 5.91 Å². The molecular formula is C21H34N4O2. The van der Waals surface area contributed by atoms with Gasteiger partial charge in [-0.1, -0.05) is 32.0 Å². The number of carbonyl (C=O) groups excluding carboxylic acids is 1. The molecule has 0 atom stereocenters. The zero-order valence-corrected chi connectivity index (χ0v) is 17.0. The molecule has 0 saturated carbocycles. The topological polar surface area (TPSA) is 66.0 Å². The van der Waals surface area contributed by atoms with Crippen molar-refractivity contribution in [1.29, 1.82) is 0 Å². The number of hydrogen-bond donors (Lipinski definition) is 2. The van der Waals surface area contributed by atoms with Crippen molar-refractivity contribution < 1.29 is 9.53 Å². The zero-order chi connectivity index (χ0) is 19.5. The first kappa shape index (κ1) is 21.2. The summed E-state index contributed by atoms with van der Waals surface area (Å²) >= 11 is 0. The van der Waals surface area contributed by atoms with Gasteiger partial charge in [0.1, 0.15) is 0 Å². The Morgan fingerprint density at radius 2 is 2.00 bits per heavy atom. The average Bonchev–Trinajstić information content (AvgIpc) is 3.10. The van der Waals surface area contributed by atoms with Crippen molar-refractivity contribution in [1.82, 2.24) is 10.6 Å². The second-order valence-electron chi connectivity index (χ2n) is 7.25. The number of benzene rings is 1. The fourth-order valence-electron chi connectivity index (χ4n) is 3.06. The number of para-hydroxylation sites is 1. The normalized spacial score (nSPS) is 13.8. The van der Waals surface area contributed by atoms with E-state index in [4.69, 9.17) is 4.74 Å². The van der Waals surface area contributed by atoms with E-state index in [9.17, 15) is 4.79 Å². The van der Waals surface area contributed by atoms with Crippen molar-refractivity contribution in [3.63, 3.8) is 0 Å². The van der Waals surface area contributed by atoms with Gasteiger partial charge in [-0.15, -0.1) is 0 Å². The molecule has 0 aromatic heterocycles. The number of aliphatic imine (C=N–C) groups is 1. The second-order valence-corrected chi connectivity index (χ2v) is 7.25. The third kappa shape index (κ3) is 7.21. The summed E-state index contributed by atoms with van der Waals surface area (Å²) in [4.78, 5) is 18.6. The first-order valence-corrected chi connectivity index (χ1v) is 10.0. The highest BCUT2D eigenvalue weighted by atomic mass is 16.5. The molecule has 1 aromatic rings. The van der Waals surface area contributed by atoms with Crippen molar-refractivity contribution in [2.75, 3.05) is 44.8 Å². The van der Waals surface area contributed by atoms with Crippen molar-refractivity contribution in [3.8, 4) is 0 Å². The van der Waals surface area contributed by atoms with E-state index in [0.29, 0.717) is 18.9 Å². The van der Waals surface area contributed by atoms with Crippen molar-refractivity contribution in [3.05, 3.63) is 29.8 Å². The molecule has 0 spiro atoms. The van der Waals surface area contributed by atoms with E-state index in [1.165, 1.54) is 5.56 Å². The molecule has 0 aliphatic carbocycles. The first-order valence-electron chi connectivity index (χ1n) is 10.0. The Morgan fingerprint density at radius 1 is 1.22 bits per heavy atom. The Bertz CT molecular complexity index is 616. The number of nitrogens with zero attached hydrogens (tertiary/aromatic N) is 2. The third-order valence-corrected chi connectivity index (χ3v) is 4.65. The predicted octanol–water partition coefficient (Wildman–Crippen LogP) is 2.58. The zero-order valence-electron chi connectivity index (χ0n) is 17.0. The van der Waals surface area contributed by atoms with Crippen molar-refractivity contribution >= 4 is 17.6 Å². The van der Waals surface area contributed by atoms with Gasteiger partial charge in [-0.25, -0.2) is 0 Å². The van der Waals surface area contributed by atoms with Crippen LogP contribution in [0.15, 0.2) is 29.3 Å². The fraction of sp³-hybridized carbons (Fsp3) is 0.619. The standard InChI is InChI=1S/C21H34N4O2/c1-17(2)11-15-27-16-13-24-21(22-3)23-12-6-9-20(26)25-14-10-18-7-4-5-8-19(18)25/h4-5,7-8,17H,6,9-16H2,1-3H3,(H2,22,23,24). The SMILES string of the molecule is CN=C(NCCCC(=O)N1CCc2ccccc21)NCCOCCC(C)C. The van der Waals surface area contributed by atoms with Gasteiger partial charge in [0.15, 0.2) is 5.96 Å². The minimum absolute atomic E-state index is 0.197. The van der Waals surface area contributed by atoms with Gasteiger partial charge in [0, 0.05) is 45.4 Å². The molecule has 1 aliphatic rings. The minimum atomic E-state index is 0.197. The van der Waals surface area contributed by atoms with Crippen LogP contribution in [0.3, 0.4) is 0 Å². The van der Waals surface area contributed by atoms with E-state index in [1.807, 2.05) is 23.1 Å². The Morgan fingerprint density at radius 3 is 2.78 bits per heavy atom. The highest BCUT2D eigenvalue weighted by Gasteiger charge is 2.23. The van der Waals surface area contributed by atoms with E-state index in [0.717, 1.165) is 57.2 Å². The molecule has 1 aromatic carbocycles. The van der Waals surface area contributed by atoms with Crippen LogP contribution < -0.4 is 15.5 Å². The van der Waals surface area contributed by atoms with Crippen LogP contribution in [0.4, 0.5) is 5.69 Å². The van der Waals surface area contributed by atoms with Crippen LogP contribution >= 0.6 is 0 Å². The maximum atomic E-state index is 12.5. The van der Waals surface area contributed by atoms with Crippen LogP contribution in [-0.2, 0) is 16.0 Å². The van der Waals surface area contributed by atoms with E-state index in [2.05, 4.69) is 35.5 Å². The number of rotatable bonds is 10. The number of amides is 1. The summed E-state index contributed by atoms with van der Waals surface area (Å²) in [7, 11) is 1.75. The second kappa shape index (κ2) is 11.6. The lowest BCUT2D eigenvalue weighted by Crippen LogP contribution is -2.39. The molecule has 0 fully saturated rings. The van der Waals surface area contributed by atoms with Crippen LogP contribution in [0, 0.1) is 5.92 Å².